The maximum Gasteiger partial charge on any atom is 0.311 e. The van der Waals surface area contributed by atoms with Crippen LogP contribution in [0.15, 0.2) is 60.7 Å². The van der Waals surface area contributed by atoms with Gasteiger partial charge in [-0.05, 0) is 57.7 Å². The predicted molar refractivity (Wildman–Crippen MR) is 137 cm³/mol. The van der Waals surface area contributed by atoms with Crippen molar-refractivity contribution in [3.63, 3.8) is 0 Å². The van der Waals surface area contributed by atoms with Crippen LogP contribution in [0.4, 0.5) is 0 Å². The van der Waals surface area contributed by atoms with Gasteiger partial charge in [-0.2, -0.15) is 5.21 Å². The number of carbonyl (C=O) groups excluding carboxylic acids is 1. The van der Waals surface area contributed by atoms with Crippen molar-refractivity contribution in [1.82, 2.24) is 25.5 Å². The Morgan fingerprint density at radius 2 is 1.61 bits per heavy atom. The number of hydrogen-bond acceptors (Lipinski definition) is 5. The molecule has 0 aliphatic heterocycles. The van der Waals surface area contributed by atoms with Crippen LogP contribution >= 0.6 is 0 Å². The minimum atomic E-state index is -0.824. The number of amides is 1. The van der Waals surface area contributed by atoms with E-state index in [0.717, 1.165) is 45.9 Å². The van der Waals surface area contributed by atoms with E-state index in [4.69, 9.17) is 0 Å². The first-order chi connectivity index (χ1) is 17.5. The monoisotopic (exact) mass is 483 g/mol. The molecular formula is C28H29N5O3. The van der Waals surface area contributed by atoms with E-state index < -0.39 is 11.4 Å². The third-order valence-electron chi connectivity index (χ3n) is 7.26. The summed E-state index contributed by atoms with van der Waals surface area (Å²) in [5.74, 6) is -0.238. The van der Waals surface area contributed by atoms with Crippen molar-refractivity contribution in [2.75, 3.05) is 6.54 Å². The van der Waals surface area contributed by atoms with Crippen molar-refractivity contribution in [3.8, 4) is 22.5 Å². The second kappa shape index (κ2) is 9.89. The fourth-order valence-electron chi connectivity index (χ4n) is 5.20. The highest BCUT2D eigenvalue weighted by molar-refractivity contribution is 5.88. The van der Waals surface area contributed by atoms with Crippen molar-refractivity contribution in [2.45, 2.75) is 45.6 Å². The molecule has 8 nitrogen and oxygen atoms in total. The second-order valence-electron chi connectivity index (χ2n) is 9.60. The number of rotatable bonds is 8. The molecule has 0 spiro atoms. The number of hydrogen-bond donors (Lipinski definition) is 2. The van der Waals surface area contributed by atoms with E-state index >= 15 is 0 Å². The normalized spacial score (nSPS) is 14.7. The Labute approximate surface area is 209 Å². The van der Waals surface area contributed by atoms with Crippen LogP contribution in [0.3, 0.4) is 0 Å². The van der Waals surface area contributed by atoms with Crippen molar-refractivity contribution in [1.29, 1.82) is 0 Å². The maximum absolute atomic E-state index is 12.8. The molecule has 2 N–H and O–H groups in total. The number of nitrogens with one attached hydrogen (secondary N) is 1. The lowest BCUT2D eigenvalue weighted by molar-refractivity contribution is -0.151. The Kier molecular flexibility index (Phi) is 6.50. The highest BCUT2D eigenvalue weighted by Gasteiger charge is 2.43. The first-order valence-electron chi connectivity index (χ1n) is 12.4. The number of tetrazole rings is 1. The third kappa shape index (κ3) is 4.71. The molecule has 0 saturated heterocycles. The molecule has 1 saturated carbocycles. The number of H-pyrrole nitrogens is 1. The van der Waals surface area contributed by atoms with E-state index in [2.05, 4.69) is 51.0 Å². The number of carboxylic acids is 1. The Morgan fingerprint density at radius 3 is 2.28 bits per heavy atom. The number of aromatic amines is 1. The van der Waals surface area contributed by atoms with Crippen LogP contribution in [0.25, 0.3) is 33.3 Å². The quantitative estimate of drug-likeness (QED) is 0.362. The van der Waals surface area contributed by atoms with Crippen LogP contribution in [-0.4, -0.2) is 49.1 Å². The van der Waals surface area contributed by atoms with E-state index in [1.54, 1.807) is 4.90 Å². The molecule has 0 bridgehead atoms. The summed E-state index contributed by atoms with van der Waals surface area (Å²) in [6.07, 6.45) is 3.42. The number of benzene rings is 3. The molecule has 0 unspecified atom stereocenters. The summed E-state index contributed by atoms with van der Waals surface area (Å²) in [4.78, 5) is 26.6. The lowest BCUT2D eigenvalue weighted by Gasteiger charge is -2.32. The van der Waals surface area contributed by atoms with Crippen LogP contribution in [-0.2, 0) is 16.1 Å². The fourth-order valence-corrected chi connectivity index (χ4v) is 5.20. The summed E-state index contributed by atoms with van der Waals surface area (Å²) in [5.41, 5.74) is 3.26. The molecule has 1 aliphatic carbocycles. The smallest absolute Gasteiger partial charge is 0.311 e. The fraction of sp³-hybridized carbons (Fsp3) is 0.321. The van der Waals surface area contributed by atoms with Crippen molar-refractivity contribution in [3.05, 3.63) is 66.2 Å². The van der Waals surface area contributed by atoms with Gasteiger partial charge < -0.3 is 10.0 Å². The van der Waals surface area contributed by atoms with Crippen LogP contribution < -0.4 is 0 Å². The lowest BCUT2D eigenvalue weighted by Crippen LogP contribution is -2.43. The maximum atomic E-state index is 12.8. The average molecular weight is 484 g/mol. The molecule has 1 aliphatic rings. The van der Waals surface area contributed by atoms with E-state index in [0.29, 0.717) is 31.6 Å². The lowest BCUT2D eigenvalue weighted by atomic mass is 9.85. The summed E-state index contributed by atoms with van der Waals surface area (Å²) < 4.78 is 0. The van der Waals surface area contributed by atoms with Crippen molar-refractivity contribution in [2.24, 2.45) is 5.41 Å². The summed E-state index contributed by atoms with van der Waals surface area (Å²) >= 11 is 0. The molecule has 1 aromatic heterocycles. The van der Waals surface area contributed by atoms with Crippen LogP contribution in [0, 0.1) is 5.41 Å². The zero-order chi connectivity index (χ0) is 25.1. The third-order valence-corrected chi connectivity index (χ3v) is 7.26. The average Bonchev–Trinajstić information content (AvgIpc) is 3.61. The van der Waals surface area contributed by atoms with Crippen molar-refractivity contribution < 1.29 is 14.7 Å². The zero-order valence-corrected chi connectivity index (χ0v) is 20.3. The minimum Gasteiger partial charge on any atom is -0.481 e. The Hall–Kier alpha value is -4.07. The molecular weight excluding hydrogens is 454 g/mol. The first-order valence-corrected chi connectivity index (χ1v) is 12.4. The molecule has 5 rings (SSSR count). The van der Waals surface area contributed by atoms with Gasteiger partial charge in [-0.3, -0.25) is 9.59 Å². The van der Waals surface area contributed by atoms with Gasteiger partial charge in [0.1, 0.15) is 0 Å². The van der Waals surface area contributed by atoms with E-state index in [1.807, 2.05) is 37.3 Å². The summed E-state index contributed by atoms with van der Waals surface area (Å²) in [6.45, 7) is 2.51. The summed E-state index contributed by atoms with van der Waals surface area (Å²) in [7, 11) is 0. The van der Waals surface area contributed by atoms with Gasteiger partial charge in [0.15, 0.2) is 0 Å². The SMILES string of the molecule is CCC(=O)N(Cc1ccc2cc(-c3ccc(-c4nn[nH]n4)cc3)ccc2c1)CC1(C(=O)O)CCCC1. The number of fused-ring (bicyclic) bond motifs is 1. The highest BCUT2D eigenvalue weighted by Crippen LogP contribution is 2.39. The van der Waals surface area contributed by atoms with Gasteiger partial charge in [0.05, 0.1) is 5.41 Å². The Bertz CT molecular complexity index is 1380. The highest BCUT2D eigenvalue weighted by atomic mass is 16.4. The number of carboxylic acid groups (broad SMARTS) is 1. The predicted octanol–water partition coefficient (Wildman–Crippen LogP) is 5.07. The Balaban J connectivity index is 1.36. The van der Waals surface area contributed by atoms with Gasteiger partial charge in [-0.15, -0.1) is 10.2 Å². The first kappa shape index (κ1) is 23.7. The largest absolute Gasteiger partial charge is 0.481 e. The molecule has 1 heterocycles. The standard InChI is InChI=1S/C28H29N5O3/c1-2-25(34)33(18-28(27(35)36)13-3-4-14-28)17-19-5-6-24-16-23(12-11-22(24)15-19)20-7-9-21(10-8-20)26-29-31-32-30-26/h5-12,15-16H,2-4,13-14,17-18H2,1H3,(H,35,36)(H,29,30,31,32). The molecule has 1 fully saturated rings. The van der Waals surface area contributed by atoms with Gasteiger partial charge in [-0.1, -0.05) is 68.3 Å². The number of carbonyl (C=O) groups is 2. The number of nitrogens with zero attached hydrogens (tertiary/aromatic N) is 4. The van der Waals surface area contributed by atoms with Crippen molar-refractivity contribution >= 4 is 22.6 Å². The summed E-state index contributed by atoms with van der Waals surface area (Å²) in [6, 6.07) is 20.5. The molecule has 4 aromatic rings. The van der Waals surface area contributed by atoms with Gasteiger partial charge >= 0.3 is 5.97 Å². The number of aromatic nitrogens is 4. The van der Waals surface area contributed by atoms with Crippen LogP contribution in [0.1, 0.15) is 44.6 Å². The van der Waals surface area contributed by atoms with Gasteiger partial charge in [0.2, 0.25) is 11.7 Å². The second-order valence-corrected chi connectivity index (χ2v) is 9.60. The van der Waals surface area contributed by atoms with Gasteiger partial charge in [0, 0.05) is 25.1 Å². The molecule has 3 aromatic carbocycles. The zero-order valence-electron chi connectivity index (χ0n) is 20.3. The molecule has 1 amide bonds. The molecule has 8 heteroatoms. The Morgan fingerprint density at radius 1 is 0.944 bits per heavy atom. The topological polar surface area (TPSA) is 112 Å². The number of aliphatic carboxylic acids is 1. The van der Waals surface area contributed by atoms with E-state index in [1.165, 1.54) is 0 Å². The molecule has 0 radical (unpaired) electrons. The van der Waals surface area contributed by atoms with E-state index in [9.17, 15) is 14.7 Å². The van der Waals surface area contributed by atoms with Crippen LogP contribution in [0.2, 0.25) is 0 Å². The molecule has 0 atom stereocenters. The molecule has 36 heavy (non-hydrogen) atoms. The van der Waals surface area contributed by atoms with Gasteiger partial charge in [0.25, 0.3) is 0 Å². The molecule has 184 valence electrons. The minimum absolute atomic E-state index is 0.0118. The van der Waals surface area contributed by atoms with Crippen LogP contribution in [0.5, 0.6) is 0 Å². The summed E-state index contributed by atoms with van der Waals surface area (Å²) in [5, 5.41) is 26.2. The van der Waals surface area contributed by atoms with E-state index in [-0.39, 0.29) is 12.5 Å². The van der Waals surface area contributed by atoms with Gasteiger partial charge in [-0.25, -0.2) is 0 Å².